The average Bonchev–Trinajstić information content (AvgIpc) is 3.02. The van der Waals surface area contributed by atoms with E-state index in [9.17, 15) is 0 Å². The quantitative estimate of drug-likeness (QED) is 0.811. The number of aromatic nitrogens is 1. The minimum atomic E-state index is 0.444. The molecule has 0 amide bonds. The first kappa shape index (κ1) is 11.3. The average molecular weight is 235 g/mol. The molecule has 0 radical (unpaired) electrons. The van der Waals surface area contributed by atoms with Gasteiger partial charge in [-0.15, -0.1) is 0 Å². The van der Waals surface area contributed by atoms with E-state index in [0.29, 0.717) is 11.0 Å². The molecule has 1 aliphatic carbocycles. The molecule has 86 valence electrons. The minimum Gasteiger partial charge on any atom is -0.389 e. The van der Waals surface area contributed by atoms with E-state index in [2.05, 4.69) is 16.8 Å². The standard InChI is InChI=1S/C12H17N3S/c1-3-15(9-4-5-9)12-10(11(13)16)8(2)6-7-14-12/h6-7,9H,3-5H2,1-2H3,(H2,13,16). The number of nitrogens with two attached hydrogens (primary N) is 1. The number of pyridine rings is 1. The molecule has 0 atom stereocenters. The molecule has 16 heavy (non-hydrogen) atoms. The Labute approximate surface area is 102 Å². The largest absolute Gasteiger partial charge is 0.389 e. The van der Waals surface area contributed by atoms with Gasteiger partial charge in [0, 0.05) is 18.8 Å². The fourth-order valence-electron chi connectivity index (χ4n) is 2.03. The highest BCUT2D eigenvalue weighted by Crippen LogP contribution is 2.32. The van der Waals surface area contributed by atoms with E-state index in [1.165, 1.54) is 12.8 Å². The van der Waals surface area contributed by atoms with Crippen LogP contribution in [0.15, 0.2) is 12.3 Å². The first-order valence-corrected chi connectivity index (χ1v) is 6.08. The Morgan fingerprint density at radius 1 is 1.62 bits per heavy atom. The Morgan fingerprint density at radius 3 is 2.81 bits per heavy atom. The smallest absolute Gasteiger partial charge is 0.139 e. The van der Waals surface area contributed by atoms with Gasteiger partial charge in [-0.3, -0.25) is 0 Å². The summed E-state index contributed by atoms with van der Waals surface area (Å²) < 4.78 is 0. The summed E-state index contributed by atoms with van der Waals surface area (Å²) in [6, 6.07) is 2.59. The molecule has 0 bridgehead atoms. The summed E-state index contributed by atoms with van der Waals surface area (Å²) in [7, 11) is 0. The van der Waals surface area contributed by atoms with Crippen LogP contribution in [-0.4, -0.2) is 22.6 Å². The summed E-state index contributed by atoms with van der Waals surface area (Å²) in [5, 5.41) is 0. The Hall–Kier alpha value is -1.16. The van der Waals surface area contributed by atoms with E-state index in [0.717, 1.165) is 23.5 Å². The lowest BCUT2D eigenvalue weighted by atomic mass is 10.1. The number of rotatable bonds is 4. The third kappa shape index (κ3) is 2.02. The van der Waals surface area contributed by atoms with Crippen molar-refractivity contribution in [3.8, 4) is 0 Å². The Balaban J connectivity index is 2.45. The predicted octanol–water partition coefficient (Wildman–Crippen LogP) is 2.01. The van der Waals surface area contributed by atoms with Crippen molar-refractivity contribution in [1.82, 2.24) is 4.98 Å². The third-order valence-electron chi connectivity index (χ3n) is 2.99. The molecule has 4 heteroatoms. The van der Waals surface area contributed by atoms with Gasteiger partial charge < -0.3 is 10.6 Å². The maximum Gasteiger partial charge on any atom is 0.139 e. The molecule has 1 heterocycles. The number of anilines is 1. The zero-order valence-electron chi connectivity index (χ0n) is 9.73. The Kier molecular flexibility index (Phi) is 3.10. The van der Waals surface area contributed by atoms with Crippen LogP contribution in [0, 0.1) is 6.92 Å². The predicted molar refractivity (Wildman–Crippen MR) is 70.9 cm³/mol. The summed E-state index contributed by atoms with van der Waals surface area (Å²) in [4.78, 5) is 7.20. The van der Waals surface area contributed by atoms with Gasteiger partial charge in [-0.05, 0) is 38.3 Å². The van der Waals surface area contributed by atoms with Crippen LogP contribution in [0.25, 0.3) is 0 Å². The number of hydrogen-bond donors (Lipinski definition) is 1. The van der Waals surface area contributed by atoms with Gasteiger partial charge in [-0.25, -0.2) is 4.98 Å². The lowest BCUT2D eigenvalue weighted by molar-refractivity contribution is 0.806. The Bertz CT molecular complexity index is 413. The van der Waals surface area contributed by atoms with Gasteiger partial charge in [0.1, 0.15) is 10.8 Å². The fraction of sp³-hybridized carbons (Fsp3) is 0.500. The summed E-state index contributed by atoms with van der Waals surface area (Å²) >= 11 is 5.12. The van der Waals surface area contributed by atoms with Gasteiger partial charge >= 0.3 is 0 Å². The summed E-state index contributed by atoms with van der Waals surface area (Å²) in [6.45, 7) is 5.13. The van der Waals surface area contributed by atoms with Gasteiger partial charge in [-0.2, -0.15) is 0 Å². The van der Waals surface area contributed by atoms with E-state index in [1.54, 1.807) is 0 Å². The summed E-state index contributed by atoms with van der Waals surface area (Å²) in [6.07, 6.45) is 4.33. The zero-order valence-corrected chi connectivity index (χ0v) is 10.5. The third-order valence-corrected chi connectivity index (χ3v) is 3.19. The van der Waals surface area contributed by atoms with Crippen LogP contribution < -0.4 is 10.6 Å². The van der Waals surface area contributed by atoms with Crippen molar-refractivity contribution in [2.75, 3.05) is 11.4 Å². The summed E-state index contributed by atoms with van der Waals surface area (Å²) in [5.74, 6) is 0.956. The lowest BCUT2D eigenvalue weighted by Crippen LogP contribution is -2.29. The van der Waals surface area contributed by atoms with Gasteiger partial charge in [0.15, 0.2) is 0 Å². The number of thiocarbonyl (C=S) groups is 1. The van der Waals surface area contributed by atoms with Crippen molar-refractivity contribution in [1.29, 1.82) is 0 Å². The maximum atomic E-state index is 5.79. The van der Waals surface area contributed by atoms with Crippen LogP contribution >= 0.6 is 12.2 Å². The van der Waals surface area contributed by atoms with Crippen LogP contribution in [0.4, 0.5) is 5.82 Å². The number of hydrogen-bond acceptors (Lipinski definition) is 3. The SMILES string of the molecule is CCN(c1nccc(C)c1C(N)=S)C1CC1. The first-order chi connectivity index (χ1) is 7.65. The molecular formula is C12H17N3S. The molecule has 0 saturated heterocycles. The molecule has 0 aromatic carbocycles. The Morgan fingerprint density at radius 2 is 2.31 bits per heavy atom. The van der Waals surface area contributed by atoms with Crippen LogP contribution in [0.3, 0.4) is 0 Å². The number of nitrogens with zero attached hydrogens (tertiary/aromatic N) is 2. The molecule has 2 rings (SSSR count). The maximum absolute atomic E-state index is 5.79. The van der Waals surface area contributed by atoms with Gasteiger partial charge in [0.25, 0.3) is 0 Å². The van der Waals surface area contributed by atoms with E-state index in [4.69, 9.17) is 18.0 Å². The second-order valence-electron chi connectivity index (χ2n) is 4.21. The highest BCUT2D eigenvalue weighted by molar-refractivity contribution is 7.80. The van der Waals surface area contributed by atoms with Crippen molar-refractivity contribution in [2.45, 2.75) is 32.7 Å². The monoisotopic (exact) mass is 235 g/mol. The second kappa shape index (κ2) is 4.37. The van der Waals surface area contributed by atoms with Crippen LogP contribution in [-0.2, 0) is 0 Å². The van der Waals surface area contributed by atoms with Crippen molar-refractivity contribution in [3.63, 3.8) is 0 Å². The fourth-order valence-corrected chi connectivity index (χ4v) is 2.29. The molecule has 1 fully saturated rings. The van der Waals surface area contributed by atoms with E-state index >= 15 is 0 Å². The van der Waals surface area contributed by atoms with E-state index < -0.39 is 0 Å². The highest BCUT2D eigenvalue weighted by atomic mass is 32.1. The van der Waals surface area contributed by atoms with Gasteiger partial charge in [-0.1, -0.05) is 12.2 Å². The molecule has 0 aliphatic heterocycles. The normalized spacial score (nSPS) is 14.9. The lowest BCUT2D eigenvalue weighted by Gasteiger charge is -2.24. The molecule has 2 N–H and O–H groups in total. The molecule has 1 saturated carbocycles. The van der Waals surface area contributed by atoms with Crippen molar-refractivity contribution >= 4 is 23.0 Å². The van der Waals surface area contributed by atoms with Crippen LogP contribution in [0.5, 0.6) is 0 Å². The van der Waals surface area contributed by atoms with Crippen LogP contribution in [0.2, 0.25) is 0 Å². The van der Waals surface area contributed by atoms with Crippen molar-refractivity contribution in [2.24, 2.45) is 5.73 Å². The molecule has 0 spiro atoms. The van der Waals surface area contributed by atoms with Crippen molar-refractivity contribution < 1.29 is 0 Å². The molecule has 1 aliphatic rings. The van der Waals surface area contributed by atoms with Gasteiger partial charge in [0.2, 0.25) is 0 Å². The molecule has 1 aromatic rings. The molecular weight excluding hydrogens is 218 g/mol. The van der Waals surface area contributed by atoms with Crippen molar-refractivity contribution in [3.05, 3.63) is 23.4 Å². The highest BCUT2D eigenvalue weighted by Gasteiger charge is 2.30. The topological polar surface area (TPSA) is 42.2 Å². The zero-order chi connectivity index (χ0) is 11.7. The molecule has 3 nitrogen and oxygen atoms in total. The second-order valence-corrected chi connectivity index (χ2v) is 4.65. The first-order valence-electron chi connectivity index (χ1n) is 5.67. The molecule has 1 aromatic heterocycles. The minimum absolute atomic E-state index is 0.444. The number of aryl methyl sites for hydroxylation is 1. The van der Waals surface area contributed by atoms with E-state index in [1.807, 2.05) is 19.2 Å². The van der Waals surface area contributed by atoms with Crippen LogP contribution in [0.1, 0.15) is 30.9 Å². The molecule has 0 unspecified atom stereocenters. The van der Waals surface area contributed by atoms with Gasteiger partial charge in [0.05, 0.1) is 5.56 Å². The van der Waals surface area contributed by atoms with E-state index in [-0.39, 0.29) is 0 Å². The summed E-state index contributed by atoms with van der Waals surface area (Å²) in [5.41, 5.74) is 7.84.